The number of aromatic nitrogens is 1. The number of anilines is 1. The predicted octanol–water partition coefficient (Wildman–Crippen LogP) is 4.17. The van der Waals surface area contributed by atoms with Gasteiger partial charge in [0.1, 0.15) is 23.9 Å². The highest BCUT2D eigenvalue weighted by Gasteiger charge is 2.20. The van der Waals surface area contributed by atoms with Crippen LogP contribution in [0.4, 0.5) is 5.69 Å². The molecule has 0 aliphatic rings. The first-order chi connectivity index (χ1) is 16.5. The first kappa shape index (κ1) is 24.3. The molecule has 0 aliphatic heterocycles. The van der Waals surface area contributed by atoms with Crippen LogP contribution in [0.15, 0.2) is 54.6 Å². The Morgan fingerprint density at radius 2 is 1.88 bits per heavy atom. The van der Waals surface area contributed by atoms with E-state index in [-0.39, 0.29) is 36.8 Å². The van der Waals surface area contributed by atoms with E-state index in [0.717, 1.165) is 5.56 Å². The molecule has 0 radical (unpaired) electrons. The number of pyridine rings is 1. The van der Waals surface area contributed by atoms with E-state index in [1.165, 1.54) is 7.11 Å². The normalized spacial score (nSPS) is 10.2. The third kappa shape index (κ3) is 5.70. The van der Waals surface area contributed by atoms with E-state index in [2.05, 4.69) is 16.4 Å². The van der Waals surface area contributed by atoms with Gasteiger partial charge in [-0.15, -0.1) is 0 Å². The second-order valence-electron chi connectivity index (χ2n) is 7.24. The van der Waals surface area contributed by atoms with Crippen molar-refractivity contribution in [2.24, 2.45) is 0 Å². The number of nitriles is 1. The Bertz CT molecular complexity index is 1220. The molecule has 8 heteroatoms. The molecule has 0 atom stereocenters. The van der Waals surface area contributed by atoms with Crippen molar-refractivity contribution in [1.29, 1.82) is 5.26 Å². The van der Waals surface area contributed by atoms with Gasteiger partial charge in [-0.25, -0.2) is 4.98 Å². The number of carbonyl (C=O) groups is 2. The van der Waals surface area contributed by atoms with Gasteiger partial charge in [-0.2, -0.15) is 5.26 Å². The lowest BCUT2D eigenvalue weighted by Gasteiger charge is -2.15. The van der Waals surface area contributed by atoms with E-state index in [1.807, 2.05) is 30.3 Å². The van der Waals surface area contributed by atoms with Crippen molar-refractivity contribution in [3.8, 4) is 29.0 Å². The molecule has 0 unspecified atom stereocenters. The smallest absolute Gasteiger partial charge is 0.325 e. The Balaban J connectivity index is 1.86. The SMILES string of the molecule is CCOC(=O)CNc1cccc(OC)c1C(=O)COc1nc(-c2ccccc2)cc(C)c1C#N. The topological polar surface area (TPSA) is 111 Å². The number of esters is 1. The maximum Gasteiger partial charge on any atom is 0.325 e. The molecule has 8 nitrogen and oxygen atoms in total. The summed E-state index contributed by atoms with van der Waals surface area (Å²) in [7, 11) is 1.45. The average Bonchev–Trinajstić information content (AvgIpc) is 2.86. The van der Waals surface area contributed by atoms with Crippen molar-refractivity contribution in [3.05, 3.63) is 71.3 Å². The highest BCUT2D eigenvalue weighted by atomic mass is 16.5. The zero-order chi connectivity index (χ0) is 24.5. The summed E-state index contributed by atoms with van der Waals surface area (Å²) in [5.41, 5.74) is 3.07. The first-order valence-corrected chi connectivity index (χ1v) is 10.7. The van der Waals surface area contributed by atoms with E-state index in [9.17, 15) is 14.9 Å². The maximum absolute atomic E-state index is 13.2. The molecule has 174 valence electrons. The highest BCUT2D eigenvalue weighted by Crippen LogP contribution is 2.29. The van der Waals surface area contributed by atoms with Gasteiger partial charge in [-0.05, 0) is 37.6 Å². The molecule has 0 aliphatic carbocycles. The lowest BCUT2D eigenvalue weighted by atomic mass is 10.1. The Morgan fingerprint density at radius 3 is 2.56 bits per heavy atom. The molecule has 1 aromatic heterocycles. The zero-order valence-electron chi connectivity index (χ0n) is 19.3. The Morgan fingerprint density at radius 1 is 1.12 bits per heavy atom. The van der Waals surface area contributed by atoms with Gasteiger partial charge >= 0.3 is 5.97 Å². The Hall–Kier alpha value is -4.38. The first-order valence-electron chi connectivity index (χ1n) is 10.7. The number of rotatable bonds is 10. The molecule has 0 bridgehead atoms. The molecular formula is C26H25N3O5. The van der Waals surface area contributed by atoms with Gasteiger partial charge in [0.15, 0.2) is 6.61 Å². The van der Waals surface area contributed by atoms with Gasteiger partial charge in [0.2, 0.25) is 11.7 Å². The zero-order valence-corrected chi connectivity index (χ0v) is 19.3. The van der Waals surface area contributed by atoms with E-state index < -0.39 is 11.8 Å². The standard InChI is InChI=1S/C26H25N3O5/c1-4-33-24(31)15-28-20-11-8-12-23(32-3)25(20)22(30)16-34-26-19(14-27)17(2)13-21(29-26)18-9-6-5-7-10-18/h5-13,28H,4,15-16H2,1-3H3. The number of ketones is 1. The number of Topliss-reactive ketones (excluding diaryl/α,β-unsaturated/α-hetero) is 1. The number of benzene rings is 2. The van der Waals surface area contributed by atoms with Crippen molar-refractivity contribution < 1.29 is 23.8 Å². The summed E-state index contributed by atoms with van der Waals surface area (Å²) in [5.74, 6) is -0.455. The number of ether oxygens (including phenoxy) is 3. The average molecular weight is 460 g/mol. The number of nitrogens with one attached hydrogen (secondary N) is 1. The van der Waals surface area contributed by atoms with Crippen LogP contribution in [-0.4, -0.2) is 43.6 Å². The molecule has 1 heterocycles. The van der Waals surface area contributed by atoms with Gasteiger partial charge < -0.3 is 19.5 Å². The second-order valence-corrected chi connectivity index (χ2v) is 7.24. The maximum atomic E-state index is 13.2. The van der Waals surface area contributed by atoms with Crippen LogP contribution in [0.2, 0.25) is 0 Å². The van der Waals surface area contributed by atoms with Crippen LogP contribution >= 0.6 is 0 Å². The van der Waals surface area contributed by atoms with Crippen molar-refractivity contribution >= 4 is 17.4 Å². The van der Waals surface area contributed by atoms with Crippen LogP contribution in [-0.2, 0) is 9.53 Å². The molecule has 34 heavy (non-hydrogen) atoms. The third-order valence-corrected chi connectivity index (χ3v) is 4.96. The Labute approximate surface area is 198 Å². The largest absolute Gasteiger partial charge is 0.496 e. The summed E-state index contributed by atoms with van der Waals surface area (Å²) in [6.45, 7) is 3.27. The summed E-state index contributed by atoms with van der Waals surface area (Å²) in [6.07, 6.45) is 0. The summed E-state index contributed by atoms with van der Waals surface area (Å²) >= 11 is 0. The van der Waals surface area contributed by atoms with E-state index >= 15 is 0 Å². The molecule has 0 amide bonds. The number of carbonyl (C=O) groups excluding carboxylic acids is 2. The number of hydrogen-bond acceptors (Lipinski definition) is 8. The minimum atomic E-state index is -0.448. The fraction of sp³-hybridized carbons (Fsp3) is 0.231. The van der Waals surface area contributed by atoms with Crippen LogP contribution in [0.3, 0.4) is 0 Å². The van der Waals surface area contributed by atoms with Gasteiger partial charge in [-0.3, -0.25) is 9.59 Å². The molecule has 0 spiro atoms. The van der Waals surface area contributed by atoms with Crippen molar-refractivity contribution in [1.82, 2.24) is 4.98 Å². The molecule has 0 fully saturated rings. The number of methoxy groups -OCH3 is 1. The monoisotopic (exact) mass is 459 g/mol. The highest BCUT2D eigenvalue weighted by molar-refractivity contribution is 6.05. The lowest BCUT2D eigenvalue weighted by molar-refractivity contribution is -0.140. The summed E-state index contributed by atoms with van der Waals surface area (Å²) in [6, 6.07) is 18.4. The minimum absolute atomic E-state index is 0.0747. The van der Waals surface area contributed by atoms with Crippen molar-refractivity contribution in [2.75, 3.05) is 32.2 Å². The summed E-state index contributed by atoms with van der Waals surface area (Å²) < 4.78 is 16.0. The molecule has 3 aromatic rings. The van der Waals surface area contributed by atoms with Crippen LogP contribution in [0.25, 0.3) is 11.3 Å². The van der Waals surface area contributed by atoms with Crippen molar-refractivity contribution in [3.63, 3.8) is 0 Å². The molecule has 3 rings (SSSR count). The predicted molar refractivity (Wildman–Crippen MR) is 127 cm³/mol. The number of hydrogen-bond donors (Lipinski definition) is 1. The number of nitrogens with zero attached hydrogens (tertiary/aromatic N) is 2. The molecule has 0 saturated carbocycles. The molecule has 0 saturated heterocycles. The third-order valence-electron chi connectivity index (χ3n) is 4.96. The van der Waals surface area contributed by atoms with E-state index in [1.54, 1.807) is 38.1 Å². The number of aryl methyl sites for hydroxylation is 1. The fourth-order valence-corrected chi connectivity index (χ4v) is 3.36. The van der Waals surface area contributed by atoms with Gasteiger partial charge in [0.25, 0.3) is 0 Å². The van der Waals surface area contributed by atoms with E-state index in [0.29, 0.717) is 22.7 Å². The van der Waals surface area contributed by atoms with Gasteiger partial charge in [-0.1, -0.05) is 36.4 Å². The second kappa shape index (κ2) is 11.5. The lowest BCUT2D eigenvalue weighted by Crippen LogP contribution is -2.20. The molecule has 1 N–H and O–H groups in total. The molecule has 2 aromatic carbocycles. The van der Waals surface area contributed by atoms with Crippen LogP contribution < -0.4 is 14.8 Å². The van der Waals surface area contributed by atoms with Crippen molar-refractivity contribution in [2.45, 2.75) is 13.8 Å². The van der Waals surface area contributed by atoms with Gasteiger partial charge in [0, 0.05) is 11.3 Å². The van der Waals surface area contributed by atoms with Gasteiger partial charge in [0.05, 0.1) is 25.0 Å². The van der Waals surface area contributed by atoms with Crippen LogP contribution in [0, 0.1) is 18.3 Å². The van der Waals surface area contributed by atoms with E-state index in [4.69, 9.17) is 14.2 Å². The fourth-order valence-electron chi connectivity index (χ4n) is 3.36. The quantitative estimate of drug-likeness (QED) is 0.355. The summed E-state index contributed by atoms with van der Waals surface area (Å²) in [5, 5.41) is 12.5. The molecular weight excluding hydrogens is 434 g/mol. The summed E-state index contributed by atoms with van der Waals surface area (Å²) in [4.78, 5) is 29.4. The minimum Gasteiger partial charge on any atom is -0.496 e. The van der Waals surface area contributed by atoms with Crippen LogP contribution in [0.5, 0.6) is 11.6 Å². The van der Waals surface area contributed by atoms with Crippen LogP contribution in [0.1, 0.15) is 28.4 Å². The Kier molecular flexibility index (Phi) is 8.19.